The number of rotatable bonds is 2. The summed E-state index contributed by atoms with van der Waals surface area (Å²) in [6, 6.07) is 0. The average molecular weight is 310 g/mol. The number of halogens is 1. The molecule has 3 nitrogen and oxygen atoms in total. The molecular weight excluding hydrogens is 291 g/mol. The van der Waals surface area contributed by atoms with Crippen molar-refractivity contribution in [3.05, 3.63) is 0 Å². The number of hydrogen-bond donors (Lipinski definition) is 0. The van der Waals surface area contributed by atoms with E-state index < -0.39 is 0 Å². The van der Waals surface area contributed by atoms with Gasteiger partial charge in [0.25, 0.3) is 0 Å². The van der Waals surface area contributed by atoms with Crippen LogP contribution in [-0.4, -0.2) is 51.9 Å². The monoisotopic (exact) mass is 310 g/mol. The smallest absolute Gasteiger partial charge is 0.219 e. The molecule has 0 saturated carbocycles. The second-order valence-electron chi connectivity index (χ2n) is 4.50. The molecule has 0 aromatic rings. The van der Waals surface area contributed by atoms with Gasteiger partial charge in [-0.1, -0.05) is 22.6 Å². The normalized spacial score (nSPS) is 19.9. The van der Waals surface area contributed by atoms with Crippen molar-refractivity contribution in [2.75, 3.05) is 32.7 Å². The lowest BCUT2D eigenvalue weighted by Gasteiger charge is -2.36. The standard InChI is InChI=1S/C10H19IN2O/c1-9(14)13-6-4-12(5-7-13)8-10(2,3)11/h4-8H2,1-3H3. The summed E-state index contributed by atoms with van der Waals surface area (Å²) in [6.45, 7) is 11.1. The fourth-order valence-electron chi connectivity index (χ4n) is 1.75. The van der Waals surface area contributed by atoms with Gasteiger partial charge in [-0.15, -0.1) is 0 Å². The molecular formula is C10H19IN2O. The number of nitrogens with zero attached hydrogens (tertiary/aromatic N) is 2. The summed E-state index contributed by atoms with van der Waals surface area (Å²) in [5, 5.41) is 0. The molecule has 0 bridgehead atoms. The van der Waals surface area contributed by atoms with Gasteiger partial charge < -0.3 is 4.90 Å². The Morgan fingerprint density at radius 2 is 1.79 bits per heavy atom. The fraction of sp³-hybridized carbons (Fsp3) is 0.900. The zero-order valence-corrected chi connectivity index (χ0v) is 11.4. The first-order valence-corrected chi connectivity index (χ1v) is 6.13. The van der Waals surface area contributed by atoms with Crippen molar-refractivity contribution in [2.24, 2.45) is 0 Å². The van der Waals surface area contributed by atoms with E-state index in [1.807, 2.05) is 4.90 Å². The Morgan fingerprint density at radius 3 is 2.14 bits per heavy atom. The van der Waals surface area contributed by atoms with Gasteiger partial charge in [0.1, 0.15) is 0 Å². The van der Waals surface area contributed by atoms with Gasteiger partial charge >= 0.3 is 0 Å². The summed E-state index contributed by atoms with van der Waals surface area (Å²) in [6.07, 6.45) is 0. The van der Waals surface area contributed by atoms with E-state index in [1.165, 1.54) is 0 Å². The van der Waals surface area contributed by atoms with Crippen LogP contribution in [0, 0.1) is 0 Å². The second kappa shape index (κ2) is 4.79. The second-order valence-corrected chi connectivity index (χ2v) is 7.42. The number of amides is 1. The van der Waals surface area contributed by atoms with Gasteiger partial charge in [-0.05, 0) is 13.8 Å². The molecule has 1 fully saturated rings. The molecule has 0 N–H and O–H groups in total. The minimum Gasteiger partial charge on any atom is -0.340 e. The van der Waals surface area contributed by atoms with Gasteiger partial charge in [0.15, 0.2) is 0 Å². The SMILES string of the molecule is CC(=O)N1CCN(CC(C)(C)I)CC1. The number of carbonyl (C=O) groups excluding carboxylic acids is 1. The molecule has 0 aromatic carbocycles. The third kappa shape index (κ3) is 4.13. The van der Waals surface area contributed by atoms with Crippen LogP contribution in [0.1, 0.15) is 20.8 Å². The highest BCUT2D eigenvalue weighted by atomic mass is 127. The molecule has 1 aliphatic rings. The summed E-state index contributed by atoms with van der Waals surface area (Å²) in [5.74, 6) is 0.207. The van der Waals surface area contributed by atoms with E-state index in [0.29, 0.717) is 3.42 Å². The van der Waals surface area contributed by atoms with Crippen molar-refractivity contribution in [1.29, 1.82) is 0 Å². The highest BCUT2D eigenvalue weighted by Crippen LogP contribution is 2.18. The molecule has 1 aliphatic heterocycles. The van der Waals surface area contributed by atoms with Crippen LogP contribution >= 0.6 is 22.6 Å². The summed E-state index contributed by atoms with van der Waals surface area (Å²) < 4.78 is 0.330. The summed E-state index contributed by atoms with van der Waals surface area (Å²) in [7, 11) is 0. The van der Waals surface area contributed by atoms with E-state index in [-0.39, 0.29) is 5.91 Å². The summed E-state index contributed by atoms with van der Waals surface area (Å²) in [4.78, 5) is 15.5. The van der Waals surface area contributed by atoms with Crippen molar-refractivity contribution in [3.8, 4) is 0 Å². The van der Waals surface area contributed by atoms with Crippen LogP contribution in [0.25, 0.3) is 0 Å². The highest BCUT2D eigenvalue weighted by Gasteiger charge is 2.23. The van der Waals surface area contributed by atoms with Gasteiger partial charge in [0.2, 0.25) is 5.91 Å². The predicted molar refractivity (Wildman–Crippen MR) is 66.8 cm³/mol. The molecule has 4 heteroatoms. The maximum Gasteiger partial charge on any atom is 0.219 e. The number of carbonyl (C=O) groups is 1. The Bertz CT molecular complexity index is 205. The van der Waals surface area contributed by atoms with Crippen LogP contribution in [0.2, 0.25) is 0 Å². The first-order chi connectivity index (χ1) is 6.38. The van der Waals surface area contributed by atoms with Crippen molar-refractivity contribution >= 4 is 28.5 Å². The zero-order valence-electron chi connectivity index (χ0n) is 9.22. The molecule has 1 amide bonds. The van der Waals surface area contributed by atoms with Crippen LogP contribution in [-0.2, 0) is 4.79 Å². The van der Waals surface area contributed by atoms with E-state index >= 15 is 0 Å². The Balaban J connectivity index is 2.33. The largest absolute Gasteiger partial charge is 0.340 e. The van der Waals surface area contributed by atoms with Crippen LogP contribution in [0.4, 0.5) is 0 Å². The molecule has 0 spiro atoms. The Labute approximate surface area is 100.0 Å². The van der Waals surface area contributed by atoms with E-state index in [1.54, 1.807) is 6.92 Å². The Kier molecular flexibility index (Phi) is 4.18. The minimum atomic E-state index is 0.207. The van der Waals surface area contributed by atoms with E-state index in [4.69, 9.17) is 0 Å². The number of piperazine rings is 1. The first-order valence-electron chi connectivity index (χ1n) is 5.05. The molecule has 1 rings (SSSR count). The lowest BCUT2D eigenvalue weighted by molar-refractivity contribution is -0.130. The highest BCUT2D eigenvalue weighted by molar-refractivity contribution is 14.1. The zero-order chi connectivity index (χ0) is 10.8. The van der Waals surface area contributed by atoms with Gasteiger partial charge in [-0.25, -0.2) is 0 Å². The molecule has 0 aliphatic carbocycles. The molecule has 1 saturated heterocycles. The first kappa shape index (κ1) is 12.2. The third-order valence-electron chi connectivity index (χ3n) is 2.42. The van der Waals surface area contributed by atoms with Crippen molar-refractivity contribution in [3.63, 3.8) is 0 Å². The maximum atomic E-state index is 11.1. The molecule has 1 heterocycles. The van der Waals surface area contributed by atoms with E-state index in [0.717, 1.165) is 32.7 Å². The van der Waals surface area contributed by atoms with E-state index in [9.17, 15) is 4.79 Å². The van der Waals surface area contributed by atoms with Gasteiger partial charge in [0, 0.05) is 43.1 Å². The maximum absolute atomic E-state index is 11.1. The van der Waals surface area contributed by atoms with Gasteiger partial charge in [-0.2, -0.15) is 0 Å². The number of hydrogen-bond acceptors (Lipinski definition) is 2. The molecule has 0 aromatic heterocycles. The summed E-state index contributed by atoms with van der Waals surface area (Å²) >= 11 is 2.48. The quantitative estimate of drug-likeness (QED) is 0.568. The molecule has 0 radical (unpaired) electrons. The number of alkyl halides is 1. The Morgan fingerprint density at radius 1 is 1.29 bits per heavy atom. The lowest BCUT2D eigenvalue weighted by Crippen LogP contribution is -2.50. The molecule has 0 atom stereocenters. The van der Waals surface area contributed by atoms with Crippen molar-refractivity contribution < 1.29 is 4.79 Å². The topological polar surface area (TPSA) is 23.6 Å². The lowest BCUT2D eigenvalue weighted by atomic mass is 10.2. The molecule has 0 unspecified atom stereocenters. The average Bonchev–Trinajstić information content (AvgIpc) is 2.02. The van der Waals surface area contributed by atoms with Gasteiger partial charge in [-0.3, -0.25) is 9.69 Å². The summed E-state index contributed by atoms with van der Waals surface area (Å²) in [5.41, 5.74) is 0. The fourth-order valence-corrected chi connectivity index (χ4v) is 2.24. The van der Waals surface area contributed by atoms with Crippen LogP contribution in [0.5, 0.6) is 0 Å². The minimum absolute atomic E-state index is 0.207. The van der Waals surface area contributed by atoms with Crippen LogP contribution < -0.4 is 0 Å². The van der Waals surface area contributed by atoms with Crippen molar-refractivity contribution in [1.82, 2.24) is 9.80 Å². The molecule has 14 heavy (non-hydrogen) atoms. The van der Waals surface area contributed by atoms with Crippen molar-refractivity contribution in [2.45, 2.75) is 24.2 Å². The molecule has 82 valence electrons. The van der Waals surface area contributed by atoms with E-state index in [2.05, 4.69) is 41.3 Å². The van der Waals surface area contributed by atoms with Crippen LogP contribution in [0.15, 0.2) is 0 Å². The third-order valence-corrected chi connectivity index (χ3v) is 2.76. The predicted octanol–water partition coefficient (Wildman–Crippen LogP) is 1.36. The van der Waals surface area contributed by atoms with Crippen LogP contribution in [0.3, 0.4) is 0 Å². The Hall–Kier alpha value is 0.160. The van der Waals surface area contributed by atoms with Gasteiger partial charge in [0.05, 0.1) is 0 Å².